The van der Waals surface area contributed by atoms with Crippen LogP contribution in [0.2, 0.25) is 0 Å². The molecule has 21 heavy (non-hydrogen) atoms. The van der Waals surface area contributed by atoms with E-state index < -0.39 is 4.92 Å². The van der Waals surface area contributed by atoms with Crippen molar-refractivity contribution in [3.8, 4) is 0 Å². The lowest BCUT2D eigenvalue weighted by Gasteiger charge is -2.22. The van der Waals surface area contributed by atoms with E-state index in [1.165, 1.54) is 37.5 Å². The van der Waals surface area contributed by atoms with Gasteiger partial charge in [0.05, 0.1) is 4.92 Å². The molecule has 0 radical (unpaired) electrons. The van der Waals surface area contributed by atoms with Gasteiger partial charge in [0.15, 0.2) is 0 Å². The zero-order valence-corrected chi connectivity index (χ0v) is 11.7. The molecule has 0 aromatic heterocycles. The third kappa shape index (κ3) is 3.12. The summed E-state index contributed by atoms with van der Waals surface area (Å²) in [5, 5.41) is 13.8. The highest BCUT2D eigenvalue weighted by Crippen LogP contribution is 2.44. The van der Waals surface area contributed by atoms with Crippen LogP contribution >= 0.6 is 0 Å². The van der Waals surface area contributed by atoms with Gasteiger partial charge in [-0.1, -0.05) is 18.6 Å². The molecule has 2 fully saturated rings. The van der Waals surface area contributed by atoms with Gasteiger partial charge in [-0.15, -0.1) is 0 Å². The molecule has 2 saturated carbocycles. The van der Waals surface area contributed by atoms with Gasteiger partial charge in [-0.2, -0.15) is 0 Å². The zero-order chi connectivity index (χ0) is 14.8. The van der Waals surface area contributed by atoms with Crippen LogP contribution in [0, 0.1) is 22.0 Å². The summed E-state index contributed by atoms with van der Waals surface area (Å²) in [7, 11) is 0. The number of non-ortho nitro benzene ring substituents is 1. The first kappa shape index (κ1) is 13.8. The van der Waals surface area contributed by atoms with Crippen molar-refractivity contribution in [2.75, 3.05) is 0 Å². The first-order valence-electron chi connectivity index (χ1n) is 7.35. The summed E-state index contributed by atoms with van der Waals surface area (Å²) in [6.07, 6.45) is 7.96. The molecule has 3 rings (SSSR count). The van der Waals surface area contributed by atoms with Gasteiger partial charge in [0.1, 0.15) is 0 Å². The van der Waals surface area contributed by atoms with Crippen molar-refractivity contribution in [2.45, 2.75) is 31.7 Å². The highest BCUT2D eigenvalue weighted by atomic mass is 16.6. The summed E-state index contributed by atoms with van der Waals surface area (Å²) in [6.45, 7) is 0. The van der Waals surface area contributed by atoms with Crippen LogP contribution in [0.1, 0.15) is 31.2 Å². The largest absolute Gasteiger partial charge is 0.350 e. The van der Waals surface area contributed by atoms with Gasteiger partial charge in [-0.25, -0.2) is 0 Å². The van der Waals surface area contributed by atoms with Crippen LogP contribution in [0.4, 0.5) is 5.69 Å². The number of hydrogen-bond donors (Lipinski definition) is 1. The summed E-state index contributed by atoms with van der Waals surface area (Å²) in [6, 6.07) is 6.57. The van der Waals surface area contributed by atoms with E-state index in [1.54, 1.807) is 18.2 Å². The first-order valence-corrected chi connectivity index (χ1v) is 7.35. The summed E-state index contributed by atoms with van der Waals surface area (Å²) in [5.74, 6) is 1.32. The average Bonchev–Trinajstić information content (AvgIpc) is 3.08. The molecule has 2 aliphatic carbocycles. The number of fused-ring (bicyclic) bond motifs is 2. The molecule has 0 aliphatic heterocycles. The van der Waals surface area contributed by atoms with Crippen LogP contribution in [-0.4, -0.2) is 16.9 Å². The minimum atomic E-state index is -0.438. The Kier molecular flexibility index (Phi) is 3.73. The van der Waals surface area contributed by atoms with E-state index in [0.29, 0.717) is 17.5 Å². The van der Waals surface area contributed by atoms with Gasteiger partial charge >= 0.3 is 0 Å². The predicted molar refractivity (Wildman–Crippen MR) is 79.5 cm³/mol. The number of nitrogens with zero attached hydrogens (tertiary/aromatic N) is 1. The Labute approximate surface area is 123 Å². The number of nitro groups is 1. The maximum Gasteiger partial charge on any atom is 0.270 e. The standard InChI is InChI=1S/C16H18N2O3/c19-16(17-15-10-12-4-6-13(15)8-12)7-5-11-2-1-3-14(9-11)18(20)21/h1-3,5,7,9,12-13,15H,4,6,8,10H2,(H,17,19)/b7-5+/t12-,13+,15-/m0/s1. The Balaban J connectivity index is 1.59. The maximum atomic E-state index is 11.9. The second kappa shape index (κ2) is 5.68. The number of nitrogens with one attached hydrogen (secondary N) is 1. The summed E-state index contributed by atoms with van der Waals surface area (Å²) >= 11 is 0. The number of carbonyl (C=O) groups is 1. The lowest BCUT2D eigenvalue weighted by Crippen LogP contribution is -2.37. The fraction of sp³-hybridized carbons (Fsp3) is 0.438. The van der Waals surface area contributed by atoms with Crippen molar-refractivity contribution in [1.82, 2.24) is 5.32 Å². The third-order valence-corrected chi connectivity index (χ3v) is 4.57. The van der Waals surface area contributed by atoms with Crippen molar-refractivity contribution in [3.05, 3.63) is 46.0 Å². The first-order chi connectivity index (χ1) is 10.1. The normalized spacial score (nSPS) is 27.1. The van der Waals surface area contributed by atoms with Crippen molar-refractivity contribution < 1.29 is 9.72 Å². The molecule has 5 heteroatoms. The van der Waals surface area contributed by atoms with Crippen LogP contribution in [-0.2, 0) is 4.79 Å². The smallest absolute Gasteiger partial charge is 0.270 e. The van der Waals surface area contributed by atoms with E-state index in [0.717, 1.165) is 12.3 Å². The van der Waals surface area contributed by atoms with Gasteiger partial charge in [0, 0.05) is 24.3 Å². The molecule has 5 nitrogen and oxygen atoms in total. The van der Waals surface area contributed by atoms with E-state index in [9.17, 15) is 14.9 Å². The van der Waals surface area contributed by atoms with E-state index in [2.05, 4.69) is 5.32 Å². The van der Waals surface area contributed by atoms with Gasteiger partial charge in [0.2, 0.25) is 5.91 Å². The van der Waals surface area contributed by atoms with E-state index in [4.69, 9.17) is 0 Å². The Morgan fingerprint density at radius 1 is 1.33 bits per heavy atom. The number of hydrogen-bond acceptors (Lipinski definition) is 3. The monoisotopic (exact) mass is 286 g/mol. The molecular formula is C16H18N2O3. The fourth-order valence-corrected chi connectivity index (χ4v) is 3.57. The van der Waals surface area contributed by atoms with Crippen LogP contribution in [0.3, 0.4) is 0 Å². The van der Waals surface area contributed by atoms with Gasteiger partial charge in [-0.3, -0.25) is 14.9 Å². The zero-order valence-electron chi connectivity index (χ0n) is 11.7. The van der Waals surface area contributed by atoms with Crippen molar-refractivity contribution in [2.24, 2.45) is 11.8 Å². The third-order valence-electron chi connectivity index (χ3n) is 4.57. The number of carbonyl (C=O) groups excluding carboxylic acids is 1. The van der Waals surface area contributed by atoms with Crippen molar-refractivity contribution in [3.63, 3.8) is 0 Å². The second-order valence-electron chi connectivity index (χ2n) is 5.98. The fourth-order valence-electron chi connectivity index (χ4n) is 3.57. The predicted octanol–water partition coefficient (Wildman–Crippen LogP) is 2.91. The van der Waals surface area contributed by atoms with E-state index >= 15 is 0 Å². The van der Waals surface area contributed by atoms with E-state index in [1.807, 2.05) is 0 Å². The molecule has 0 unspecified atom stereocenters. The number of amides is 1. The lowest BCUT2D eigenvalue weighted by atomic mass is 9.95. The van der Waals surface area contributed by atoms with Gasteiger partial charge < -0.3 is 5.32 Å². The van der Waals surface area contributed by atoms with Gasteiger partial charge in [0.25, 0.3) is 5.69 Å². The van der Waals surface area contributed by atoms with Crippen LogP contribution in [0.5, 0.6) is 0 Å². The summed E-state index contributed by atoms with van der Waals surface area (Å²) in [5.41, 5.74) is 0.693. The van der Waals surface area contributed by atoms with Crippen molar-refractivity contribution >= 4 is 17.7 Å². The molecule has 1 N–H and O–H groups in total. The quantitative estimate of drug-likeness (QED) is 0.525. The summed E-state index contributed by atoms with van der Waals surface area (Å²) in [4.78, 5) is 22.2. The molecule has 1 amide bonds. The van der Waals surface area contributed by atoms with Crippen LogP contribution < -0.4 is 5.32 Å². The Morgan fingerprint density at radius 3 is 2.86 bits per heavy atom. The van der Waals surface area contributed by atoms with Crippen LogP contribution in [0.25, 0.3) is 6.08 Å². The molecule has 0 saturated heterocycles. The Bertz CT molecular complexity index is 597. The minimum Gasteiger partial charge on any atom is -0.350 e. The second-order valence-corrected chi connectivity index (χ2v) is 5.98. The summed E-state index contributed by atoms with van der Waals surface area (Å²) < 4.78 is 0. The molecule has 2 bridgehead atoms. The average molecular weight is 286 g/mol. The molecule has 0 heterocycles. The van der Waals surface area contributed by atoms with Crippen LogP contribution in [0.15, 0.2) is 30.3 Å². The molecule has 1 aromatic carbocycles. The maximum absolute atomic E-state index is 11.9. The lowest BCUT2D eigenvalue weighted by molar-refractivity contribution is -0.384. The minimum absolute atomic E-state index is 0.0330. The number of rotatable bonds is 4. The molecule has 1 aromatic rings. The number of benzene rings is 1. The SMILES string of the molecule is O=C(/C=C/c1cccc([N+](=O)[O-])c1)N[C@H]1C[C@H]2CC[C@@H]1C2. The molecule has 0 spiro atoms. The highest BCUT2D eigenvalue weighted by Gasteiger charge is 2.39. The Hall–Kier alpha value is -2.17. The van der Waals surface area contributed by atoms with Crippen molar-refractivity contribution in [1.29, 1.82) is 0 Å². The molecule has 2 aliphatic rings. The molecule has 3 atom stereocenters. The van der Waals surface area contributed by atoms with Gasteiger partial charge in [-0.05, 0) is 42.7 Å². The van der Waals surface area contributed by atoms with E-state index in [-0.39, 0.29) is 11.6 Å². The number of nitro benzene ring substituents is 1. The highest BCUT2D eigenvalue weighted by molar-refractivity contribution is 5.92. The topological polar surface area (TPSA) is 72.2 Å². The molecule has 110 valence electrons. The molecular weight excluding hydrogens is 268 g/mol. The Morgan fingerprint density at radius 2 is 2.19 bits per heavy atom.